The second-order valence-corrected chi connectivity index (χ2v) is 9.04. The number of carbonyl (C=O) groups is 2. The molecular formula is C21H25Cl2NO3S. The van der Waals surface area contributed by atoms with E-state index in [0.717, 1.165) is 48.0 Å². The summed E-state index contributed by atoms with van der Waals surface area (Å²) in [5, 5.41) is 8.21. The zero-order valence-corrected chi connectivity index (χ0v) is 18.1. The summed E-state index contributed by atoms with van der Waals surface area (Å²) in [7, 11) is 0. The van der Waals surface area contributed by atoms with Crippen LogP contribution >= 0.6 is 34.5 Å². The number of carbonyl (C=O) groups excluding carboxylic acids is 1. The van der Waals surface area contributed by atoms with Gasteiger partial charge in [0.05, 0.1) is 10.4 Å². The van der Waals surface area contributed by atoms with E-state index >= 15 is 0 Å². The highest BCUT2D eigenvalue weighted by atomic mass is 35.5. The molecule has 1 N–H and O–H groups in total. The van der Waals surface area contributed by atoms with Crippen LogP contribution in [0.2, 0.25) is 9.36 Å². The summed E-state index contributed by atoms with van der Waals surface area (Å²) in [5.74, 6) is 0.257. The molecule has 1 aromatic heterocycles. The zero-order chi connectivity index (χ0) is 20.5. The molecule has 1 saturated carbocycles. The monoisotopic (exact) mass is 441 g/mol. The Kier molecular flexibility index (Phi) is 9.29. The third-order valence-corrected chi connectivity index (χ3v) is 5.96. The van der Waals surface area contributed by atoms with E-state index in [-0.39, 0.29) is 6.04 Å². The van der Waals surface area contributed by atoms with Crippen molar-refractivity contribution in [2.24, 2.45) is 5.92 Å². The van der Waals surface area contributed by atoms with Crippen LogP contribution in [0.25, 0.3) is 0 Å². The number of hydrogen-bond acceptors (Lipinski definition) is 3. The normalized spacial score (nSPS) is 18.5. The predicted molar refractivity (Wildman–Crippen MR) is 115 cm³/mol. The fourth-order valence-electron chi connectivity index (χ4n) is 2.95. The quantitative estimate of drug-likeness (QED) is 0.607. The number of benzene rings is 1. The van der Waals surface area contributed by atoms with Gasteiger partial charge in [-0.15, -0.1) is 11.3 Å². The summed E-state index contributed by atoms with van der Waals surface area (Å²) < 4.78 is 0.824. The number of piperidine rings is 1. The molecule has 4 nitrogen and oxygen atoms in total. The molecule has 2 aromatic rings. The maximum Gasteiger partial charge on any atom is 0.300 e. The number of carboxylic acid groups (broad SMARTS) is 1. The Bertz CT molecular complexity index is 758. The van der Waals surface area contributed by atoms with Gasteiger partial charge in [0, 0.05) is 29.8 Å². The molecule has 1 saturated heterocycles. The lowest BCUT2D eigenvalue weighted by Gasteiger charge is -2.35. The van der Waals surface area contributed by atoms with Crippen molar-refractivity contribution in [3.63, 3.8) is 0 Å². The molecule has 28 heavy (non-hydrogen) atoms. The minimum absolute atomic E-state index is 0.286. The van der Waals surface area contributed by atoms with Crippen molar-refractivity contribution < 1.29 is 14.7 Å². The summed E-state index contributed by atoms with van der Waals surface area (Å²) in [6.07, 6.45) is 5.42. The summed E-state index contributed by atoms with van der Waals surface area (Å²) >= 11 is 13.2. The van der Waals surface area contributed by atoms with Gasteiger partial charge in [0.1, 0.15) is 0 Å². The third kappa shape index (κ3) is 8.21. The first-order valence-electron chi connectivity index (χ1n) is 9.31. The number of likely N-dealkylation sites (tertiary alicyclic amines) is 1. The Hall–Kier alpha value is -1.56. The molecule has 2 heterocycles. The second-order valence-electron chi connectivity index (χ2n) is 6.85. The smallest absolute Gasteiger partial charge is 0.300 e. The molecule has 2 aliphatic rings. The summed E-state index contributed by atoms with van der Waals surface area (Å²) in [4.78, 5) is 24.4. The van der Waals surface area contributed by atoms with Gasteiger partial charge in [-0.1, -0.05) is 41.4 Å². The average Bonchev–Trinajstić information content (AvgIpc) is 3.36. The summed E-state index contributed by atoms with van der Waals surface area (Å²) in [6, 6.07) is 13.8. The number of aliphatic carboxylic acids is 1. The van der Waals surface area contributed by atoms with E-state index in [0.29, 0.717) is 5.91 Å². The molecule has 152 valence electrons. The van der Waals surface area contributed by atoms with Gasteiger partial charge in [0.25, 0.3) is 5.97 Å². The molecule has 1 aliphatic heterocycles. The van der Waals surface area contributed by atoms with Crippen molar-refractivity contribution in [1.29, 1.82) is 0 Å². The van der Waals surface area contributed by atoms with Gasteiger partial charge >= 0.3 is 0 Å². The van der Waals surface area contributed by atoms with Crippen LogP contribution in [0.3, 0.4) is 0 Å². The van der Waals surface area contributed by atoms with Crippen LogP contribution in [0.5, 0.6) is 0 Å². The van der Waals surface area contributed by atoms with Crippen LogP contribution in [0.1, 0.15) is 49.9 Å². The molecular weight excluding hydrogens is 417 g/mol. The SMILES string of the molecule is CC(=O)O.Clc1ccccc1.O=C1CCCC(c2ccc(Cl)s2)N1CC1CC1. The minimum atomic E-state index is -0.833. The fraction of sp³-hybridized carbons (Fsp3) is 0.429. The van der Waals surface area contributed by atoms with Crippen LogP contribution in [-0.2, 0) is 9.59 Å². The number of halogens is 2. The predicted octanol–water partition coefficient (Wildman–Crippen LogP) is 6.30. The lowest BCUT2D eigenvalue weighted by molar-refractivity contribution is -0.137. The Morgan fingerprint density at radius 2 is 1.79 bits per heavy atom. The first-order chi connectivity index (χ1) is 13.4. The number of thiophene rings is 1. The van der Waals surface area contributed by atoms with Gasteiger partial charge in [-0.3, -0.25) is 9.59 Å². The molecule has 2 fully saturated rings. The maximum absolute atomic E-state index is 12.0. The molecule has 0 spiro atoms. The van der Waals surface area contributed by atoms with Crippen molar-refractivity contribution in [1.82, 2.24) is 4.90 Å². The Morgan fingerprint density at radius 1 is 1.14 bits per heavy atom. The molecule has 1 aromatic carbocycles. The van der Waals surface area contributed by atoms with Gasteiger partial charge in [-0.25, -0.2) is 0 Å². The fourth-order valence-corrected chi connectivity index (χ4v) is 4.30. The minimum Gasteiger partial charge on any atom is -0.481 e. The molecule has 1 unspecified atom stereocenters. The van der Waals surface area contributed by atoms with Gasteiger partial charge in [-0.2, -0.15) is 0 Å². The number of nitrogens with zero attached hydrogens (tertiary/aromatic N) is 1. The zero-order valence-electron chi connectivity index (χ0n) is 15.8. The topological polar surface area (TPSA) is 57.6 Å². The second kappa shape index (κ2) is 11.4. The molecule has 1 atom stereocenters. The van der Waals surface area contributed by atoms with E-state index < -0.39 is 5.97 Å². The van der Waals surface area contributed by atoms with Crippen LogP contribution in [0, 0.1) is 5.92 Å². The van der Waals surface area contributed by atoms with Crippen molar-refractivity contribution >= 4 is 46.4 Å². The lowest BCUT2D eigenvalue weighted by Crippen LogP contribution is -2.39. The van der Waals surface area contributed by atoms with Crippen LogP contribution in [0.4, 0.5) is 0 Å². The molecule has 1 aliphatic carbocycles. The molecule has 4 rings (SSSR count). The number of hydrogen-bond donors (Lipinski definition) is 1. The van der Waals surface area contributed by atoms with Crippen LogP contribution in [-0.4, -0.2) is 28.4 Å². The highest BCUT2D eigenvalue weighted by Gasteiger charge is 2.34. The number of rotatable bonds is 3. The average molecular weight is 442 g/mol. The molecule has 0 bridgehead atoms. The number of amides is 1. The van der Waals surface area contributed by atoms with Crippen molar-refractivity contribution in [2.75, 3.05) is 6.54 Å². The largest absolute Gasteiger partial charge is 0.481 e. The highest BCUT2D eigenvalue weighted by Crippen LogP contribution is 2.40. The van der Waals surface area contributed by atoms with E-state index in [4.69, 9.17) is 33.1 Å². The molecule has 0 radical (unpaired) electrons. The maximum atomic E-state index is 12.0. The van der Waals surface area contributed by atoms with E-state index in [9.17, 15) is 4.79 Å². The molecule has 7 heteroatoms. The number of carboxylic acids is 1. The summed E-state index contributed by atoms with van der Waals surface area (Å²) in [6.45, 7) is 2.04. The molecule has 1 amide bonds. The first-order valence-corrected chi connectivity index (χ1v) is 10.9. The van der Waals surface area contributed by atoms with Crippen molar-refractivity contribution in [2.45, 2.75) is 45.1 Å². The lowest BCUT2D eigenvalue weighted by atomic mass is 10.00. The van der Waals surface area contributed by atoms with E-state index in [1.54, 1.807) is 11.3 Å². The van der Waals surface area contributed by atoms with E-state index in [2.05, 4.69) is 11.0 Å². The van der Waals surface area contributed by atoms with E-state index in [1.807, 2.05) is 36.4 Å². The van der Waals surface area contributed by atoms with Gasteiger partial charge in [-0.05, 0) is 55.9 Å². The van der Waals surface area contributed by atoms with Crippen molar-refractivity contribution in [3.05, 3.63) is 56.7 Å². The Labute approximate surface area is 180 Å². The van der Waals surface area contributed by atoms with Gasteiger partial charge in [0.15, 0.2) is 0 Å². The van der Waals surface area contributed by atoms with E-state index in [1.165, 1.54) is 17.7 Å². The van der Waals surface area contributed by atoms with Gasteiger partial charge < -0.3 is 10.0 Å². The Balaban J connectivity index is 0.000000211. The van der Waals surface area contributed by atoms with Crippen molar-refractivity contribution in [3.8, 4) is 0 Å². The van der Waals surface area contributed by atoms with Crippen LogP contribution < -0.4 is 0 Å². The standard InChI is InChI=1S/C13H16ClNOS.C6H5Cl.C2H4O2/c14-12-7-6-11(17-12)10-2-1-3-13(16)15(10)8-9-4-5-9;7-6-4-2-1-3-5-6;1-2(3)4/h6-7,9-10H,1-5,8H2;1-5H;1H3,(H,3,4). The van der Waals surface area contributed by atoms with Gasteiger partial charge in [0.2, 0.25) is 5.91 Å². The Morgan fingerprint density at radius 3 is 2.25 bits per heavy atom. The third-order valence-electron chi connectivity index (χ3n) is 4.37. The van der Waals surface area contributed by atoms with Crippen LogP contribution in [0.15, 0.2) is 42.5 Å². The highest BCUT2D eigenvalue weighted by molar-refractivity contribution is 7.16. The summed E-state index contributed by atoms with van der Waals surface area (Å²) in [5.41, 5.74) is 0. The first kappa shape index (κ1) is 22.7.